The molecule has 0 bridgehead atoms. The largest absolute Gasteiger partial charge is 0.348 e. The maximum absolute atomic E-state index is 12.1. The monoisotopic (exact) mass is 316 g/mol. The number of carbonyl (C=O) groups is 1. The fourth-order valence-electron chi connectivity index (χ4n) is 2.65. The summed E-state index contributed by atoms with van der Waals surface area (Å²) >= 11 is 1.59. The minimum atomic E-state index is -0.0467. The third-order valence-corrected chi connectivity index (χ3v) is 4.95. The van der Waals surface area contributed by atoms with Crippen LogP contribution in [0.5, 0.6) is 0 Å². The van der Waals surface area contributed by atoms with E-state index < -0.39 is 0 Å². The first-order valence-corrected chi connectivity index (χ1v) is 8.43. The van der Waals surface area contributed by atoms with Crippen molar-refractivity contribution < 1.29 is 4.79 Å². The Morgan fingerprint density at radius 2 is 2.32 bits per heavy atom. The van der Waals surface area contributed by atoms with Crippen LogP contribution < -0.4 is 10.6 Å². The topological polar surface area (TPSA) is 66.9 Å². The van der Waals surface area contributed by atoms with Crippen molar-refractivity contribution in [3.05, 3.63) is 35.1 Å². The number of thiazole rings is 1. The molecule has 5 nitrogen and oxygen atoms in total. The minimum absolute atomic E-state index is 0.0426. The van der Waals surface area contributed by atoms with E-state index in [1.165, 1.54) is 0 Å². The molecule has 3 rings (SSSR count). The average molecular weight is 316 g/mol. The zero-order chi connectivity index (χ0) is 15.5. The van der Waals surface area contributed by atoms with Gasteiger partial charge >= 0.3 is 0 Å². The van der Waals surface area contributed by atoms with Crippen LogP contribution in [0.4, 0.5) is 0 Å². The van der Waals surface area contributed by atoms with Crippen molar-refractivity contribution in [2.75, 3.05) is 6.54 Å². The Balaban J connectivity index is 1.67. The lowest BCUT2D eigenvalue weighted by molar-refractivity contribution is -0.123. The zero-order valence-electron chi connectivity index (χ0n) is 12.8. The van der Waals surface area contributed by atoms with Crippen molar-refractivity contribution in [1.29, 1.82) is 0 Å². The van der Waals surface area contributed by atoms with E-state index in [4.69, 9.17) is 0 Å². The molecule has 1 aliphatic heterocycles. The van der Waals surface area contributed by atoms with Gasteiger partial charge in [-0.1, -0.05) is 6.07 Å². The van der Waals surface area contributed by atoms with Crippen molar-refractivity contribution >= 4 is 17.2 Å². The number of rotatable bonds is 4. The molecule has 3 heterocycles. The Morgan fingerprint density at radius 3 is 2.91 bits per heavy atom. The number of hydrogen-bond donors (Lipinski definition) is 2. The van der Waals surface area contributed by atoms with Crippen molar-refractivity contribution in [2.24, 2.45) is 0 Å². The van der Waals surface area contributed by atoms with E-state index in [0.717, 1.165) is 41.2 Å². The molecule has 0 aliphatic carbocycles. The van der Waals surface area contributed by atoms with Gasteiger partial charge in [0.2, 0.25) is 5.91 Å². The SMILES string of the molecule is Cc1ncsc1-c1ccc([C@H](C)NC(=O)[C@@H]2CCCN2)cn1. The Labute approximate surface area is 134 Å². The number of carbonyl (C=O) groups excluding carboxylic acids is 1. The van der Waals surface area contributed by atoms with Crippen LogP contribution in [0.25, 0.3) is 10.6 Å². The molecule has 6 heteroatoms. The van der Waals surface area contributed by atoms with Crippen LogP contribution in [-0.4, -0.2) is 28.5 Å². The van der Waals surface area contributed by atoms with Crippen LogP contribution in [-0.2, 0) is 4.79 Å². The summed E-state index contributed by atoms with van der Waals surface area (Å²) in [6, 6.07) is 3.93. The molecular formula is C16H20N4OS. The van der Waals surface area contributed by atoms with E-state index in [2.05, 4.69) is 20.6 Å². The molecule has 0 aromatic carbocycles. The smallest absolute Gasteiger partial charge is 0.237 e. The van der Waals surface area contributed by atoms with Gasteiger partial charge < -0.3 is 10.6 Å². The standard InChI is InChI=1S/C16H20N4OS/c1-10(20-16(21)14-4-3-7-17-14)12-5-6-13(18-8-12)15-11(2)19-9-22-15/h5-6,8-10,14,17H,3-4,7H2,1-2H3,(H,20,21)/t10-,14-/m0/s1. The highest BCUT2D eigenvalue weighted by Gasteiger charge is 2.23. The molecule has 1 fully saturated rings. The third kappa shape index (κ3) is 3.18. The second-order valence-corrected chi connectivity index (χ2v) is 6.48. The van der Waals surface area contributed by atoms with E-state index >= 15 is 0 Å². The molecular weight excluding hydrogens is 296 g/mol. The maximum atomic E-state index is 12.1. The number of aromatic nitrogens is 2. The Hall–Kier alpha value is -1.79. The first-order chi connectivity index (χ1) is 10.6. The average Bonchev–Trinajstić information content (AvgIpc) is 3.18. The summed E-state index contributed by atoms with van der Waals surface area (Å²) in [4.78, 5) is 22.0. The summed E-state index contributed by atoms with van der Waals surface area (Å²) < 4.78 is 0. The highest BCUT2D eigenvalue weighted by atomic mass is 32.1. The fourth-order valence-corrected chi connectivity index (χ4v) is 3.43. The van der Waals surface area contributed by atoms with Crippen molar-refractivity contribution in [3.63, 3.8) is 0 Å². The van der Waals surface area contributed by atoms with Gasteiger partial charge in [-0.15, -0.1) is 11.3 Å². The molecule has 0 unspecified atom stereocenters. The first-order valence-electron chi connectivity index (χ1n) is 7.55. The number of amides is 1. The van der Waals surface area contributed by atoms with Crippen molar-refractivity contribution in [3.8, 4) is 10.6 Å². The number of nitrogens with zero attached hydrogens (tertiary/aromatic N) is 2. The number of nitrogens with one attached hydrogen (secondary N) is 2. The lowest BCUT2D eigenvalue weighted by Gasteiger charge is -2.17. The normalized spacial score (nSPS) is 19.1. The molecule has 1 amide bonds. The van der Waals surface area contributed by atoms with E-state index in [1.54, 1.807) is 11.3 Å². The Morgan fingerprint density at radius 1 is 1.45 bits per heavy atom. The lowest BCUT2D eigenvalue weighted by Crippen LogP contribution is -2.41. The van der Waals surface area contributed by atoms with Gasteiger partial charge in [-0.3, -0.25) is 9.78 Å². The van der Waals surface area contributed by atoms with Crippen LogP contribution in [0.2, 0.25) is 0 Å². The van der Waals surface area contributed by atoms with Gasteiger partial charge in [-0.05, 0) is 44.9 Å². The molecule has 0 radical (unpaired) electrons. The van der Waals surface area contributed by atoms with Gasteiger partial charge in [0, 0.05) is 6.20 Å². The predicted octanol–water partition coefficient (Wildman–Crippen LogP) is 2.44. The molecule has 0 spiro atoms. The molecule has 0 saturated carbocycles. The van der Waals surface area contributed by atoms with Crippen molar-refractivity contribution in [2.45, 2.75) is 38.8 Å². The Bertz CT molecular complexity index is 646. The van der Waals surface area contributed by atoms with Crippen LogP contribution in [0.15, 0.2) is 23.8 Å². The molecule has 2 aromatic heterocycles. The van der Waals surface area contributed by atoms with E-state index in [1.807, 2.05) is 37.7 Å². The Kier molecular flexibility index (Phi) is 4.49. The highest BCUT2D eigenvalue weighted by Crippen LogP contribution is 2.26. The quantitative estimate of drug-likeness (QED) is 0.909. The molecule has 2 atom stereocenters. The van der Waals surface area contributed by atoms with Gasteiger partial charge in [0.05, 0.1) is 33.9 Å². The van der Waals surface area contributed by atoms with Crippen LogP contribution in [0.1, 0.15) is 37.1 Å². The lowest BCUT2D eigenvalue weighted by atomic mass is 10.1. The van der Waals surface area contributed by atoms with E-state index in [9.17, 15) is 4.79 Å². The molecule has 2 N–H and O–H groups in total. The summed E-state index contributed by atoms with van der Waals surface area (Å²) in [5, 5.41) is 6.27. The second kappa shape index (κ2) is 6.54. The van der Waals surface area contributed by atoms with Gasteiger partial charge in [0.1, 0.15) is 0 Å². The number of aryl methyl sites for hydroxylation is 1. The van der Waals surface area contributed by atoms with Gasteiger partial charge in [-0.25, -0.2) is 4.98 Å². The summed E-state index contributed by atoms with van der Waals surface area (Å²) in [6.07, 6.45) is 3.82. The summed E-state index contributed by atoms with van der Waals surface area (Å²) in [6.45, 7) is 4.90. The number of hydrogen-bond acceptors (Lipinski definition) is 5. The summed E-state index contributed by atoms with van der Waals surface area (Å²) in [5.41, 5.74) is 4.77. The third-order valence-electron chi connectivity index (χ3n) is 4.00. The molecule has 1 saturated heterocycles. The first kappa shape index (κ1) is 15.1. The molecule has 22 heavy (non-hydrogen) atoms. The van der Waals surface area contributed by atoms with Gasteiger partial charge in [0.25, 0.3) is 0 Å². The van der Waals surface area contributed by atoms with Crippen molar-refractivity contribution in [1.82, 2.24) is 20.6 Å². The van der Waals surface area contributed by atoms with E-state index in [0.29, 0.717) is 0 Å². The van der Waals surface area contributed by atoms with Crippen LogP contribution in [0.3, 0.4) is 0 Å². The maximum Gasteiger partial charge on any atom is 0.237 e. The minimum Gasteiger partial charge on any atom is -0.348 e. The second-order valence-electron chi connectivity index (χ2n) is 5.62. The summed E-state index contributed by atoms with van der Waals surface area (Å²) in [7, 11) is 0. The predicted molar refractivity (Wildman–Crippen MR) is 87.7 cm³/mol. The highest BCUT2D eigenvalue weighted by molar-refractivity contribution is 7.13. The van der Waals surface area contributed by atoms with Crippen LogP contribution >= 0.6 is 11.3 Å². The van der Waals surface area contributed by atoms with E-state index in [-0.39, 0.29) is 18.0 Å². The zero-order valence-corrected chi connectivity index (χ0v) is 13.6. The molecule has 2 aromatic rings. The number of pyridine rings is 1. The fraction of sp³-hybridized carbons (Fsp3) is 0.438. The van der Waals surface area contributed by atoms with Crippen LogP contribution in [0, 0.1) is 6.92 Å². The summed E-state index contributed by atoms with van der Waals surface area (Å²) in [5.74, 6) is 0.0763. The molecule has 1 aliphatic rings. The van der Waals surface area contributed by atoms with Gasteiger partial charge in [0.15, 0.2) is 0 Å². The molecule has 116 valence electrons. The van der Waals surface area contributed by atoms with Gasteiger partial charge in [-0.2, -0.15) is 0 Å².